The first-order valence-corrected chi connectivity index (χ1v) is 7.11. The van der Waals surface area contributed by atoms with Gasteiger partial charge in [-0.2, -0.15) is 5.10 Å². The van der Waals surface area contributed by atoms with E-state index >= 15 is 0 Å². The van der Waals surface area contributed by atoms with E-state index in [1.807, 2.05) is 10.7 Å². The summed E-state index contributed by atoms with van der Waals surface area (Å²) in [5.74, 6) is -0.841. The fourth-order valence-electron chi connectivity index (χ4n) is 3.38. The molecule has 0 radical (unpaired) electrons. The average Bonchev–Trinajstić information content (AvgIpc) is 3.02. The Bertz CT molecular complexity index is 436. The molecule has 19 heavy (non-hydrogen) atoms. The van der Waals surface area contributed by atoms with Crippen molar-refractivity contribution in [2.75, 3.05) is 6.54 Å². The van der Waals surface area contributed by atoms with E-state index in [4.69, 9.17) is 5.73 Å². The van der Waals surface area contributed by atoms with Crippen molar-refractivity contribution in [1.82, 2.24) is 9.78 Å². The standard InChI is InChI=1S/C14H23N3O2/c1-2-9-17-12(5-8-16-17)11(10-15)14(13(18)19)6-3-4-7-14/h5,8,11H,2-4,6-7,9-10,15H2,1H3,(H,18,19)/t11-/m0/s1. The van der Waals surface area contributed by atoms with E-state index in [1.165, 1.54) is 0 Å². The Morgan fingerprint density at radius 1 is 1.58 bits per heavy atom. The first-order valence-electron chi connectivity index (χ1n) is 7.11. The van der Waals surface area contributed by atoms with Crippen molar-refractivity contribution >= 4 is 5.97 Å². The van der Waals surface area contributed by atoms with Gasteiger partial charge in [-0.05, 0) is 25.3 Å². The lowest BCUT2D eigenvalue weighted by molar-refractivity contribution is -0.150. The van der Waals surface area contributed by atoms with Gasteiger partial charge in [0.25, 0.3) is 0 Å². The number of carbonyl (C=O) groups is 1. The number of aliphatic carboxylic acids is 1. The molecule has 0 saturated heterocycles. The summed E-state index contributed by atoms with van der Waals surface area (Å²) in [7, 11) is 0. The zero-order valence-corrected chi connectivity index (χ0v) is 11.5. The molecule has 1 atom stereocenters. The summed E-state index contributed by atoms with van der Waals surface area (Å²) in [4.78, 5) is 11.8. The largest absolute Gasteiger partial charge is 0.481 e. The van der Waals surface area contributed by atoms with Crippen molar-refractivity contribution < 1.29 is 9.90 Å². The van der Waals surface area contributed by atoms with Crippen LogP contribution in [0, 0.1) is 5.41 Å². The van der Waals surface area contributed by atoms with Gasteiger partial charge in [0.15, 0.2) is 0 Å². The molecule has 0 aliphatic heterocycles. The van der Waals surface area contributed by atoms with Crippen molar-refractivity contribution in [1.29, 1.82) is 0 Å². The van der Waals surface area contributed by atoms with Crippen LogP contribution in [0.1, 0.15) is 50.6 Å². The van der Waals surface area contributed by atoms with Crippen LogP contribution in [-0.2, 0) is 11.3 Å². The Hall–Kier alpha value is -1.36. The lowest BCUT2D eigenvalue weighted by atomic mass is 9.72. The lowest BCUT2D eigenvalue weighted by Gasteiger charge is -2.33. The Morgan fingerprint density at radius 3 is 2.79 bits per heavy atom. The first-order chi connectivity index (χ1) is 9.15. The molecular weight excluding hydrogens is 242 g/mol. The van der Waals surface area contributed by atoms with Gasteiger partial charge in [-0.25, -0.2) is 0 Å². The second-order valence-corrected chi connectivity index (χ2v) is 5.44. The molecule has 5 nitrogen and oxygen atoms in total. The summed E-state index contributed by atoms with van der Waals surface area (Å²) in [5.41, 5.74) is 6.21. The van der Waals surface area contributed by atoms with Gasteiger partial charge in [0, 0.05) is 30.9 Å². The highest BCUT2D eigenvalue weighted by Gasteiger charge is 2.48. The van der Waals surface area contributed by atoms with Gasteiger partial charge in [-0.3, -0.25) is 9.48 Å². The molecule has 0 unspecified atom stereocenters. The highest BCUT2D eigenvalue weighted by atomic mass is 16.4. The summed E-state index contributed by atoms with van der Waals surface area (Å²) in [6.45, 7) is 3.27. The van der Waals surface area contributed by atoms with Gasteiger partial charge in [0.2, 0.25) is 0 Å². The summed E-state index contributed by atoms with van der Waals surface area (Å²) in [6, 6.07) is 1.93. The number of hydrogen-bond acceptors (Lipinski definition) is 3. The van der Waals surface area contributed by atoms with Crippen molar-refractivity contribution in [3.8, 4) is 0 Å². The third kappa shape index (κ3) is 2.39. The summed E-state index contributed by atoms with van der Waals surface area (Å²) < 4.78 is 1.92. The van der Waals surface area contributed by atoms with Crippen molar-refractivity contribution in [2.24, 2.45) is 11.1 Å². The predicted octanol–water partition coefficient (Wildman–Crippen LogP) is 1.98. The van der Waals surface area contributed by atoms with Crippen molar-refractivity contribution in [3.63, 3.8) is 0 Å². The third-order valence-electron chi connectivity index (χ3n) is 4.37. The molecule has 0 aromatic carbocycles. The van der Waals surface area contributed by atoms with Crippen LogP contribution < -0.4 is 5.73 Å². The molecular formula is C14H23N3O2. The molecule has 0 amide bonds. The summed E-state index contributed by atoms with van der Waals surface area (Å²) in [5, 5.41) is 14.0. The second kappa shape index (κ2) is 5.74. The van der Waals surface area contributed by atoms with Crippen LogP contribution in [0.3, 0.4) is 0 Å². The maximum absolute atomic E-state index is 11.8. The molecule has 0 bridgehead atoms. The van der Waals surface area contributed by atoms with E-state index < -0.39 is 11.4 Å². The molecule has 1 aromatic heterocycles. The van der Waals surface area contributed by atoms with Gasteiger partial charge in [-0.1, -0.05) is 19.8 Å². The molecule has 1 aliphatic rings. The minimum atomic E-state index is -0.704. The van der Waals surface area contributed by atoms with Crippen LogP contribution in [-0.4, -0.2) is 27.4 Å². The highest BCUT2D eigenvalue weighted by molar-refractivity contribution is 5.76. The van der Waals surface area contributed by atoms with Crippen LogP contribution in [0.25, 0.3) is 0 Å². The smallest absolute Gasteiger partial charge is 0.310 e. The normalized spacial score (nSPS) is 19.5. The second-order valence-electron chi connectivity index (χ2n) is 5.44. The zero-order valence-electron chi connectivity index (χ0n) is 11.5. The van der Waals surface area contributed by atoms with Crippen LogP contribution in [0.15, 0.2) is 12.3 Å². The number of aromatic nitrogens is 2. The number of carboxylic acid groups (broad SMARTS) is 1. The van der Waals surface area contributed by atoms with Crippen LogP contribution in [0.4, 0.5) is 0 Å². The quantitative estimate of drug-likeness (QED) is 0.824. The van der Waals surface area contributed by atoms with Gasteiger partial charge in [-0.15, -0.1) is 0 Å². The highest BCUT2D eigenvalue weighted by Crippen LogP contribution is 2.48. The average molecular weight is 265 g/mol. The summed E-state index contributed by atoms with van der Waals surface area (Å²) >= 11 is 0. The van der Waals surface area contributed by atoms with Gasteiger partial charge in [0.1, 0.15) is 0 Å². The van der Waals surface area contributed by atoms with Crippen molar-refractivity contribution in [3.05, 3.63) is 18.0 Å². The number of carboxylic acids is 1. The Kier molecular flexibility index (Phi) is 4.24. The number of nitrogens with two attached hydrogens (primary N) is 1. The Morgan fingerprint density at radius 2 is 2.26 bits per heavy atom. The minimum Gasteiger partial charge on any atom is -0.481 e. The van der Waals surface area contributed by atoms with Crippen molar-refractivity contribution in [2.45, 2.75) is 51.5 Å². The molecule has 1 aliphatic carbocycles. The topological polar surface area (TPSA) is 81.1 Å². The first kappa shape index (κ1) is 14.1. The fourth-order valence-corrected chi connectivity index (χ4v) is 3.38. The fraction of sp³-hybridized carbons (Fsp3) is 0.714. The van der Waals surface area contributed by atoms with E-state index in [2.05, 4.69) is 12.0 Å². The zero-order chi connectivity index (χ0) is 13.9. The maximum Gasteiger partial charge on any atom is 0.310 e. The van der Waals surface area contributed by atoms with E-state index in [0.29, 0.717) is 6.54 Å². The monoisotopic (exact) mass is 265 g/mol. The molecule has 3 N–H and O–H groups in total. The number of aryl methyl sites for hydroxylation is 1. The number of rotatable bonds is 6. The van der Waals surface area contributed by atoms with Crippen LogP contribution in [0.2, 0.25) is 0 Å². The lowest BCUT2D eigenvalue weighted by Crippen LogP contribution is -2.39. The molecule has 1 saturated carbocycles. The van der Waals surface area contributed by atoms with E-state index in [1.54, 1.807) is 6.20 Å². The molecule has 5 heteroatoms. The number of hydrogen-bond donors (Lipinski definition) is 2. The SMILES string of the molecule is CCCn1nccc1[C@H](CN)C1(C(=O)O)CCCC1. The summed E-state index contributed by atoms with van der Waals surface area (Å²) in [6.07, 6.45) is 6.13. The van der Waals surface area contributed by atoms with Crippen LogP contribution >= 0.6 is 0 Å². The van der Waals surface area contributed by atoms with Crippen LogP contribution in [0.5, 0.6) is 0 Å². The predicted molar refractivity (Wildman–Crippen MR) is 72.9 cm³/mol. The van der Waals surface area contributed by atoms with Gasteiger partial charge >= 0.3 is 5.97 Å². The van der Waals surface area contributed by atoms with Gasteiger partial charge in [0.05, 0.1) is 5.41 Å². The van der Waals surface area contributed by atoms with E-state index in [-0.39, 0.29) is 5.92 Å². The molecule has 2 rings (SSSR count). The maximum atomic E-state index is 11.8. The van der Waals surface area contributed by atoms with E-state index in [9.17, 15) is 9.90 Å². The minimum absolute atomic E-state index is 0.137. The Labute approximate surface area is 113 Å². The molecule has 0 spiro atoms. The molecule has 1 aromatic rings. The molecule has 1 heterocycles. The van der Waals surface area contributed by atoms with E-state index in [0.717, 1.165) is 44.3 Å². The van der Waals surface area contributed by atoms with Gasteiger partial charge < -0.3 is 10.8 Å². The molecule has 106 valence electrons. The molecule has 1 fully saturated rings. The third-order valence-corrected chi connectivity index (χ3v) is 4.37. The number of nitrogens with zero attached hydrogens (tertiary/aromatic N) is 2. The Balaban J connectivity index is 2.37.